The maximum atomic E-state index is 13.4. The molecule has 1 amide bonds. The normalized spacial score (nSPS) is 13.8. The van der Waals surface area contributed by atoms with E-state index in [4.69, 9.17) is 4.74 Å². The van der Waals surface area contributed by atoms with Gasteiger partial charge in [0.25, 0.3) is 12.4 Å². The summed E-state index contributed by atoms with van der Waals surface area (Å²) in [4.78, 5) is 32.7. The molecule has 1 fully saturated rings. The topological polar surface area (TPSA) is 138 Å². The number of carbonyl (C=O) groups excluding carboxylic acids is 2. The van der Waals surface area contributed by atoms with E-state index < -0.39 is 11.9 Å². The minimum Gasteiger partial charge on any atom is -0.426 e. The van der Waals surface area contributed by atoms with E-state index in [1.807, 2.05) is 12.0 Å². The van der Waals surface area contributed by atoms with Crippen molar-refractivity contribution in [3.8, 4) is 17.0 Å². The molecular weight excluding hydrogens is 493 g/mol. The molecule has 37 heavy (non-hydrogen) atoms. The molecule has 4 aromatic rings. The number of nitrogens with zero attached hydrogens (tertiary/aromatic N) is 4. The van der Waals surface area contributed by atoms with Crippen molar-refractivity contribution in [3.63, 3.8) is 0 Å². The Kier molecular flexibility index (Phi) is 6.25. The van der Waals surface area contributed by atoms with Gasteiger partial charge in [-0.2, -0.15) is 18.3 Å². The maximum Gasteiger partial charge on any atom is 0.433 e. The first-order valence-corrected chi connectivity index (χ1v) is 11.3. The summed E-state index contributed by atoms with van der Waals surface area (Å²) < 4.78 is 46.9. The molecule has 1 aliphatic heterocycles. The summed E-state index contributed by atoms with van der Waals surface area (Å²) in [7, 11) is 0. The number of rotatable bonds is 8. The number of hydrogen-bond donors (Lipinski definition) is 4. The highest BCUT2D eigenvalue weighted by atomic mass is 19.4. The summed E-state index contributed by atoms with van der Waals surface area (Å²) in [5.41, 5.74) is 0.403. The summed E-state index contributed by atoms with van der Waals surface area (Å²) in [5, 5.41) is 14.6. The van der Waals surface area contributed by atoms with E-state index in [0.29, 0.717) is 36.3 Å². The number of alkyl halides is 3. The highest BCUT2D eigenvalue weighted by molar-refractivity contribution is 5.98. The molecule has 0 aliphatic carbocycles. The minimum atomic E-state index is -4.63. The predicted molar refractivity (Wildman–Crippen MR) is 125 cm³/mol. The zero-order chi connectivity index (χ0) is 26.2. The van der Waals surface area contributed by atoms with Crippen molar-refractivity contribution in [3.05, 3.63) is 53.7 Å². The number of nitrogens with one attached hydrogen (secondary N) is 4. The Morgan fingerprint density at radius 3 is 2.76 bits per heavy atom. The number of halogens is 3. The lowest BCUT2D eigenvalue weighted by atomic mass is 10.0. The van der Waals surface area contributed by atoms with Gasteiger partial charge < -0.3 is 20.7 Å². The fraction of sp³-hybridized carbons (Fsp3) is 0.261. The van der Waals surface area contributed by atoms with Crippen molar-refractivity contribution >= 4 is 29.5 Å². The molecule has 4 N–H and O–H groups in total. The van der Waals surface area contributed by atoms with Crippen molar-refractivity contribution < 1.29 is 27.5 Å². The number of amides is 1. The van der Waals surface area contributed by atoms with Gasteiger partial charge in [-0.1, -0.05) is 6.92 Å². The van der Waals surface area contributed by atoms with Crippen LogP contribution in [0.1, 0.15) is 28.5 Å². The molecule has 1 saturated heterocycles. The first kappa shape index (κ1) is 24.2. The molecule has 1 aromatic carbocycles. The van der Waals surface area contributed by atoms with Gasteiger partial charge in [0.15, 0.2) is 17.2 Å². The van der Waals surface area contributed by atoms with Crippen molar-refractivity contribution in [2.24, 2.45) is 0 Å². The molecule has 0 unspecified atom stereocenters. The Labute approximate surface area is 207 Å². The Hall–Kier alpha value is -4.46. The summed E-state index contributed by atoms with van der Waals surface area (Å²) >= 11 is 0. The fourth-order valence-electron chi connectivity index (χ4n) is 4.16. The van der Waals surface area contributed by atoms with Crippen molar-refractivity contribution in [2.45, 2.75) is 25.6 Å². The number of ether oxygens (including phenoxy) is 1. The first-order chi connectivity index (χ1) is 17.8. The lowest BCUT2D eigenvalue weighted by molar-refractivity contribution is -0.140. The monoisotopic (exact) mass is 514 g/mol. The second-order valence-electron chi connectivity index (χ2n) is 8.26. The molecule has 0 atom stereocenters. The van der Waals surface area contributed by atoms with Crippen LogP contribution in [0, 0.1) is 0 Å². The molecule has 192 valence electrons. The fourth-order valence-corrected chi connectivity index (χ4v) is 4.16. The molecule has 14 heteroatoms. The molecule has 1 aliphatic rings. The first-order valence-electron chi connectivity index (χ1n) is 11.3. The van der Waals surface area contributed by atoms with Crippen LogP contribution in [0.2, 0.25) is 0 Å². The Bertz CT molecular complexity index is 1480. The molecule has 4 heterocycles. The quantitative estimate of drug-likeness (QED) is 0.263. The second kappa shape index (κ2) is 9.54. The summed E-state index contributed by atoms with van der Waals surface area (Å²) in [6.07, 6.45) is 0.974. The summed E-state index contributed by atoms with van der Waals surface area (Å²) in [6.45, 7) is 3.43. The predicted octanol–water partition coefficient (Wildman–Crippen LogP) is 2.68. The number of fused-ring (bicyclic) bond motifs is 1. The molecule has 11 nitrogen and oxygen atoms in total. The van der Waals surface area contributed by atoms with Gasteiger partial charge in [0.2, 0.25) is 0 Å². The smallest absolute Gasteiger partial charge is 0.426 e. The van der Waals surface area contributed by atoms with Crippen LogP contribution in [-0.4, -0.2) is 56.1 Å². The highest BCUT2D eigenvalue weighted by Gasteiger charge is 2.36. The van der Waals surface area contributed by atoms with E-state index in [0.717, 1.165) is 6.20 Å². The third-order valence-corrected chi connectivity index (χ3v) is 6.02. The van der Waals surface area contributed by atoms with E-state index in [9.17, 15) is 22.8 Å². The van der Waals surface area contributed by atoms with Crippen molar-refractivity contribution in [2.75, 3.05) is 18.4 Å². The van der Waals surface area contributed by atoms with Crippen LogP contribution >= 0.6 is 0 Å². The van der Waals surface area contributed by atoms with Crippen LogP contribution in [-0.2, 0) is 17.4 Å². The Morgan fingerprint density at radius 1 is 1.27 bits per heavy atom. The number of anilines is 2. The third kappa shape index (κ3) is 4.46. The SMILES string of the molecule is CCc1c(C(=O)NC2CNC2)ccc(Nc2nccn3c(-c4cn[nH]c4C(F)(F)F)cnc23)c1OC=O. The average molecular weight is 514 g/mol. The van der Waals surface area contributed by atoms with Crippen LogP contribution in [0.3, 0.4) is 0 Å². The van der Waals surface area contributed by atoms with E-state index in [1.165, 1.54) is 23.0 Å². The molecular formula is C23H21F3N8O3. The van der Waals surface area contributed by atoms with Gasteiger partial charge in [-0.15, -0.1) is 0 Å². The van der Waals surface area contributed by atoms with Crippen LogP contribution in [0.25, 0.3) is 16.9 Å². The molecule has 0 saturated carbocycles. The number of imidazole rings is 1. The molecule has 0 bridgehead atoms. The van der Waals surface area contributed by atoms with Gasteiger partial charge >= 0.3 is 6.18 Å². The van der Waals surface area contributed by atoms with Gasteiger partial charge in [0.1, 0.15) is 5.69 Å². The summed E-state index contributed by atoms with van der Waals surface area (Å²) in [5.74, 6) is 0.0485. The van der Waals surface area contributed by atoms with E-state index >= 15 is 0 Å². The zero-order valence-corrected chi connectivity index (χ0v) is 19.4. The lowest BCUT2D eigenvalue weighted by Gasteiger charge is -2.28. The molecule has 0 radical (unpaired) electrons. The van der Waals surface area contributed by atoms with Gasteiger partial charge in [-0.3, -0.25) is 19.1 Å². The standard InChI is InChI=1S/C23H21F3N8O3/c1-2-13-14(22(36)31-12-7-27-8-12)3-4-16(18(13)37-11-35)32-20-21-29-10-17(34(21)6-5-28-20)15-9-30-33-19(15)23(24,25)26/h3-6,9-12,27H,2,7-8H2,1H3,(H,28,32)(H,30,33)(H,31,36). The van der Waals surface area contributed by atoms with Crippen LogP contribution in [0.15, 0.2) is 36.9 Å². The lowest BCUT2D eigenvalue weighted by Crippen LogP contribution is -2.57. The highest BCUT2D eigenvalue weighted by Crippen LogP contribution is 2.37. The Morgan fingerprint density at radius 2 is 2.08 bits per heavy atom. The van der Waals surface area contributed by atoms with Crippen molar-refractivity contribution in [1.82, 2.24) is 35.2 Å². The Balaban J connectivity index is 1.53. The van der Waals surface area contributed by atoms with Crippen LogP contribution in [0.5, 0.6) is 5.75 Å². The number of benzene rings is 1. The maximum absolute atomic E-state index is 13.4. The van der Waals surface area contributed by atoms with E-state index in [-0.39, 0.29) is 46.9 Å². The van der Waals surface area contributed by atoms with Crippen LogP contribution < -0.4 is 20.7 Å². The van der Waals surface area contributed by atoms with Gasteiger partial charge in [-0.25, -0.2) is 9.97 Å². The van der Waals surface area contributed by atoms with Gasteiger partial charge in [0.05, 0.1) is 35.4 Å². The largest absolute Gasteiger partial charge is 0.433 e. The number of aromatic amines is 1. The third-order valence-electron chi connectivity index (χ3n) is 6.02. The number of aromatic nitrogens is 5. The zero-order valence-electron chi connectivity index (χ0n) is 19.4. The molecule has 0 spiro atoms. The van der Waals surface area contributed by atoms with Crippen LogP contribution in [0.4, 0.5) is 24.7 Å². The molecule has 3 aromatic heterocycles. The second-order valence-corrected chi connectivity index (χ2v) is 8.26. The number of carbonyl (C=O) groups is 2. The van der Waals surface area contributed by atoms with E-state index in [1.54, 1.807) is 12.1 Å². The molecule has 5 rings (SSSR count). The van der Waals surface area contributed by atoms with E-state index in [2.05, 4.69) is 31.0 Å². The van der Waals surface area contributed by atoms with Gasteiger partial charge in [0, 0.05) is 36.6 Å². The minimum absolute atomic E-state index is 0.0231. The summed E-state index contributed by atoms with van der Waals surface area (Å²) in [6, 6.07) is 3.20. The van der Waals surface area contributed by atoms with Gasteiger partial charge in [-0.05, 0) is 18.6 Å². The number of H-pyrrole nitrogens is 1. The average Bonchev–Trinajstić information content (AvgIpc) is 3.49. The number of hydrogen-bond acceptors (Lipinski definition) is 8. The van der Waals surface area contributed by atoms with Crippen molar-refractivity contribution in [1.29, 1.82) is 0 Å².